The van der Waals surface area contributed by atoms with Crippen LogP contribution in [0.5, 0.6) is 0 Å². The molecule has 0 radical (unpaired) electrons. The van der Waals surface area contributed by atoms with Crippen molar-refractivity contribution in [1.29, 1.82) is 0 Å². The molecule has 5 nitrogen and oxygen atoms in total. The summed E-state index contributed by atoms with van der Waals surface area (Å²) in [4.78, 5) is 27.1. The Balaban J connectivity index is 1.64. The summed E-state index contributed by atoms with van der Waals surface area (Å²) in [6.07, 6.45) is 2.22. The maximum absolute atomic E-state index is 11.7. The van der Waals surface area contributed by atoms with Crippen LogP contribution in [0.3, 0.4) is 0 Å². The molecule has 0 aromatic heterocycles. The van der Waals surface area contributed by atoms with Gasteiger partial charge in [0.2, 0.25) is 5.91 Å². The second kappa shape index (κ2) is 6.71. The lowest BCUT2D eigenvalue weighted by Crippen LogP contribution is -2.41. The predicted octanol–water partition coefficient (Wildman–Crippen LogP) is 2.11. The molecule has 2 saturated heterocycles. The number of carbonyl (C=O) groups is 2. The molecule has 0 saturated carbocycles. The van der Waals surface area contributed by atoms with Gasteiger partial charge in [0, 0.05) is 25.0 Å². The molecule has 124 valence electrons. The van der Waals surface area contributed by atoms with E-state index in [1.54, 1.807) is 0 Å². The maximum atomic E-state index is 11.7. The number of hydrogen-bond donors (Lipinski definition) is 1. The van der Waals surface area contributed by atoms with Crippen molar-refractivity contribution in [3.8, 4) is 0 Å². The molecule has 3 rings (SSSR count). The summed E-state index contributed by atoms with van der Waals surface area (Å²) in [6, 6.07) is 9.07. The zero-order valence-corrected chi connectivity index (χ0v) is 13.9. The van der Waals surface area contributed by atoms with Gasteiger partial charge >= 0.3 is 6.03 Å². The van der Waals surface area contributed by atoms with Crippen molar-refractivity contribution in [3.05, 3.63) is 35.4 Å². The summed E-state index contributed by atoms with van der Waals surface area (Å²) in [5.74, 6) is 0.432. The van der Waals surface area contributed by atoms with Crippen molar-refractivity contribution in [2.24, 2.45) is 0 Å². The molecule has 2 aliphatic rings. The fourth-order valence-electron chi connectivity index (χ4n) is 3.85. The van der Waals surface area contributed by atoms with Crippen LogP contribution in [0.4, 0.5) is 4.79 Å². The van der Waals surface area contributed by atoms with Crippen LogP contribution in [0, 0.1) is 6.92 Å². The smallest absolute Gasteiger partial charge is 0.324 e. The normalized spacial score (nSPS) is 25.2. The summed E-state index contributed by atoms with van der Waals surface area (Å²) >= 11 is 0. The van der Waals surface area contributed by atoms with Crippen molar-refractivity contribution < 1.29 is 9.59 Å². The first-order chi connectivity index (χ1) is 11.1. The van der Waals surface area contributed by atoms with E-state index in [0.29, 0.717) is 18.5 Å². The number of carbonyl (C=O) groups excluding carboxylic acids is 2. The summed E-state index contributed by atoms with van der Waals surface area (Å²) in [6.45, 7) is 6.75. The number of benzene rings is 1. The van der Waals surface area contributed by atoms with Gasteiger partial charge in [-0.15, -0.1) is 0 Å². The van der Waals surface area contributed by atoms with E-state index in [0.717, 1.165) is 25.9 Å². The van der Waals surface area contributed by atoms with E-state index in [1.165, 1.54) is 16.0 Å². The van der Waals surface area contributed by atoms with Gasteiger partial charge in [-0.1, -0.05) is 36.8 Å². The van der Waals surface area contributed by atoms with Gasteiger partial charge in [0.1, 0.15) is 0 Å². The lowest BCUT2D eigenvalue weighted by molar-refractivity contribution is -0.125. The molecule has 2 unspecified atom stereocenters. The van der Waals surface area contributed by atoms with Gasteiger partial charge in [-0.3, -0.25) is 14.6 Å². The number of urea groups is 1. The Morgan fingerprint density at radius 3 is 2.52 bits per heavy atom. The zero-order chi connectivity index (χ0) is 16.4. The summed E-state index contributed by atoms with van der Waals surface area (Å²) in [5, 5.41) is 2.58. The van der Waals surface area contributed by atoms with Crippen LogP contribution in [0.1, 0.15) is 36.8 Å². The SMILES string of the molecule is CCC1C(c2ccc(C)cc2)CCN1CCN1C(=O)CNC1=O. The minimum atomic E-state index is -0.252. The molecule has 1 aromatic carbocycles. The van der Waals surface area contributed by atoms with Crippen LogP contribution < -0.4 is 5.32 Å². The maximum Gasteiger partial charge on any atom is 0.324 e. The fourth-order valence-corrected chi connectivity index (χ4v) is 3.85. The number of likely N-dealkylation sites (tertiary alicyclic amines) is 1. The van der Waals surface area contributed by atoms with Crippen molar-refractivity contribution in [2.45, 2.75) is 38.6 Å². The predicted molar refractivity (Wildman–Crippen MR) is 89.3 cm³/mol. The second-order valence-corrected chi connectivity index (χ2v) is 6.52. The first-order valence-corrected chi connectivity index (χ1v) is 8.49. The van der Waals surface area contributed by atoms with E-state index in [4.69, 9.17) is 0 Å². The summed E-state index contributed by atoms with van der Waals surface area (Å²) in [7, 11) is 0. The van der Waals surface area contributed by atoms with E-state index in [9.17, 15) is 9.59 Å². The van der Waals surface area contributed by atoms with Crippen LogP contribution in [-0.4, -0.2) is 54.0 Å². The Morgan fingerprint density at radius 2 is 1.91 bits per heavy atom. The van der Waals surface area contributed by atoms with Gasteiger partial charge in [0.15, 0.2) is 0 Å². The number of rotatable bonds is 5. The molecular formula is C18H25N3O2. The third-order valence-corrected chi connectivity index (χ3v) is 5.13. The number of hydrogen-bond acceptors (Lipinski definition) is 3. The molecular weight excluding hydrogens is 290 g/mol. The molecule has 2 atom stereocenters. The Hall–Kier alpha value is -1.88. The molecule has 2 fully saturated rings. The minimum Gasteiger partial charge on any atom is -0.329 e. The highest BCUT2D eigenvalue weighted by atomic mass is 16.2. The molecule has 3 amide bonds. The molecule has 23 heavy (non-hydrogen) atoms. The fraction of sp³-hybridized carbons (Fsp3) is 0.556. The van der Waals surface area contributed by atoms with E-state index < -0.39 is 0 Å². The molecule has 1 aromatic rings. The lowest BCUT2D eigenvalue weighted by Gasteiger charge is -2.28. The second-order valence-electron chi connectivity index (χ2n) is 6.52. The molecule has 5 heteroatoms. The quantitative estimate of drug-likeness (QED) is 0.847. The average Bonchev–Trinajstić information content (AvgIpc) is 3.10. The third-order valence-electron chi connectivity index (χ3n) is 5.13. The van der Waals surface area contributed by atoms with E-state index in [-0.39, 0.29) is 18.5 Å². The number of nitrogens with one attached hydrogen (secondary N) is 1. The number of aryl methyl sites for hydroxylation is 1. The van der Waals surface area contributed by atoms with E-state index in [2.05, 4.69) is 48.3 Å². The van der Waals surface area contributed by atoms with Crippen molar-refractivity contribution >= 4 is 11.9 Å². The molecule has 0 spiro atoms. The Kier molecular flexibility index (Phi) is 4.66. The Bertz CT molecular complexity index is 568. The summed E-state index contributed by atoms with van der Waals surface area (Å²) in [5.41, 5.74) is 2.69. The Labute approximate surface area is 137 Å². The summed E-state index contributed by atoms with van der Waals surface area (Å²) < 4.78 is 0. The van der Waals surface area contributed by atoms with Crippen LogP contribution in [0.15, 0.2) is 24.3 Å². The molecule has 2 aliphatic heterocycles. The topological polar surface area (TPSA) is 52.6 Å². The van der Waals surface area contributed by atoms with Gasteiger partial charge in [-0.05, 0) is 31.9 Å². The average molecular weight is 315 g/mol. The number of imide groups is 1. The first kappa shape index (κ1) is 16.0. The van der Waals surface area contributed by atoms with Crippen LogP contribution >= 0.6 is 0 Å². The molecule has 1 N–H and O–H groups in total. The first-order valence-electron chi connectivity index (χ1n) is 8.49. The van der Waals surface area contributed by atoms with Gasteiger partial charge in [-0.25, -0.2) is 4.79 Å². The van der Waals surface area contributed by atoms with Gasteiger partial charge in [-0.2, -0.15) is 0 Å². The highest BCUT2D eigenvalue weighted by molar-refractivity contribution is 6.01. The molecule has 0 aliphatic carbocycles. The highest BCUT2D eigenvalue weighted by Crippen LogP contribution is 2.35. The van der Waals surface area contributed by atoms with E-state index in [1.807, 2.05) is 0 Å². The Morgan fingerprint density at radius 1 is 1.17 bits per heavy atom. The zero-order valence-electron chi connectivity index (χ0n) is 13.9. The van der Waals surface area contributed by atoms with Crippen molar-refractivity contribution in [1.82, 2.24) is 15.1 Å². The molecule has 0 bridgehead atoms. The third kappa shape index (κ3) is 3.24. The van der Waals surface area contributed by atoms with Gasteiger partial charge < -0.3 is 5.32 Å². The van der Waals surface area contributed by atoms with E-state index >= 15 is 0 Å². The van der Waals surface area contributed by atoms with Crippen LogP contribution in [0.25, 0.3) is 0 Å². The standard InChI is InChI=1S/C18H25N3O2/c1-3-16-15(14-6-4-13(2)5-7-14)8-9-20(16)10-11-21-17(22)12-19-18(21)23/h4-7,15-16H,3,8-12H2,1-2H3,(H,19,23). The van der Waals surface area contributed by atoms with Crippen molar-refractivity contribution in [3.63, 3.8) is 0 Å². The van der Waals surface area contributed by atoms with Gasteiger partial charge in [0.05, 0.1) is 6.54 Å². The number of nitrogens with zero attached hydrogens (tertiary/aromatic N) is 2. The monoisotopic (exact) mass is 315 g/mol. The van der Waals surface area contributed by atoms with Crippen molar-refractivity contribution in [2.75, 3.05) is 26.2 Å². The molecule has 2 heterocycles. The number of amides is 3. The highest BCUT2D eigenvalue weighted by Gasteiger charge is 2.35. The van der Waals surface area contributed by atoms with Crippen LogP contribution in [0.2, 0.25) is 0 Å². The minimum absolute atomic E-state index is 0.114. The lowest BCUT2D eigenvalue weighted by atomic mass is 9.90. The van der Waals surface area contributed by atoms with Crippen LogP contribution in [-0.2, 0) is 4.79 Å². The largest absolute Gasteiger partial charge is 0.329 e. The van der Waals surface area contributed by atoms with Gasteiger partial charge in [0.25, 0.3) is 0 Å².